The Labute approximate surface area is 132 Å². The number of piperidine rings is 1. The molecule has 3 heterocycles. The van der Waals surface area contributed by atoms with Gasteiger partial charge in [-0.25, -0.2) is 4.79 Å². The highest BCUT2D eigenvalue weighted by Crippen LogP contribution is 2.23. The summed E-state index contributed by atoms with van der Waals surface area (Å²) in [6.07, 6.45) is 0.814. The van der Waals surface area contributed by atoms with Gasteiger partial charge < -0.3 is 14.4 Å². The summed E-state index contributed by atoms with van der Waals surface area (Å²) in [6.45, 7) is 1.38. The van der Waals surface area contributed by atoms with E-state index in [4.69, 9.17) is 9.47 Å². The fourth-order valence-corrected chi connectivity index (χ4v) is 3.39. The van der Waals surface area contributed by atoms with Gasteiger partial charge in [-0.05, 0) is 24.3 Å². The standard InChI is InChI=1S/C15H17NO5S/c17-13(12-2-1-9-22-12)16-6-3-10(4-7-16)14(18)21-11-5-8-20-15(11)19/h1-2,9-11H,3-8H2/t11-/m0/s1. The number of carbonyl (C=O) groups excluding carboxylic acids is 3. The summed E-state index contributed by atoms with van der Waals surface area (Å²) >= 11 is 1.42. The minimum atomic E-state index is -0.752. The lowest BCUT2D eigenvalue weighted by atomic mass is 9.97. The van der Waals surface area contributed by atoms with Crippen molar-refractivity contribution in [3.63, 3.8) is 0 Å². The highest BCUT2D eigenvalue weighted by Gasteiger charge is 2.34. The van der Waals surface area contributed by atoms with E-state index in [0.29, 0.717) is 39.0 Å². The number of carbonyl (C=O) groups is 3. The number of rotatable bonds is 3. The summed E-state index contributed by atoms with van der Waals surface area (Å²) < 4.78 is 9.99. The summed E-state index contributed by atoms with van der Waals surface area (Å²) in [6, 6.07) is 3.65. The smallest absolute Gasteiger partial charge is 0.347 e. The molecule has 0 aliphatic carbocycles. The van der Waals surface area contributed by atoms with Gasteiger partial charge >= 0.3 is 11.9 Å². The maximum Gasteiger partial charge on any atom is 0.347 e. The average molecular weight is 323 g/mol. The molecule has 1 aromatic heterocycles. The van der Waals surface area contributed by atoms with E-state index in [1.807, 2.05) is 11.4 Å². The number of ether oxygens (including phenoxy) is 2. The molecule has 1 aromatic rings. The van der Waals surface area contributed by atoms with Gasteiger partial charge in [0.05, 0.1) is 17.4 Å². The zero-order valence-electron chi connectivity index (χ0n) is 12.0. The van der Waals surface area contributed by atoms with Gasteiger partial charge in [-0.1, -0.05) is 6.07 Å². The van der Waals surface area contributed by atoms with Crippen molar-refractivity contribution in [1.82, 2.24) is 4.90 Å². The van der Waals surface area contributed by atoms with Crippen molar-refractivity contribution in [2.45, 2.75) is 25.4 Å². The second kappa shape index (κ2) is 6.48. The van der Waals surface area contributed by atoms with Crippen LogP contribution in [-0.2, 0) is 19.1 Å². The van der Waals surface area contributed by atoms with Crippen molar-refractivity contribution in [3.05, 3.63) is 22.4 Å². The Balaban J connectivity index is 1.50. The van der Waals surface area contributed by atoms with Crippen LogP contribution in [0.2, 0.25) is 0 Å². The molecule has 0 saturated carbocycles. The molecule has 2 aliphatic rings. The third-order valence-corrected chi connectivity index (χ3v) is 4.85. The summed E-state index contributed by atoms with van der Waals surface area (Å²) in [5.41, 5.74) is 0. The lowest BCUT2D eigenvalue weighted by Crippen LogP contribution is -2.41. The maximum absolute atomic E-state index is 12.2. The van der Waals surface area contributed by atoms with E-state index < -0.39 is 12.1 Å². The van der Waals surface area contributed by atoms with Crippen LogP contribution in [0.1, 0.15) is 28.9 Å². The maximum atomic E-state index is 12.2. The first-order valence-corrected chi connectivity index (χ1v) is 8.23. The number of cyclic esters (lactones) is 1. The Hall–Kier alpha value is -1.89. The monoisotopic (exact) mass is 323 g/mol. The molecule has 0 aromatic carbocycles. The topological polar surface area (TPSA) is 72.9 Å². The lowest BCUT2D eigenvalue weighted by molar-refractivity contribution is -0.164. The summed E-state index contributed by atoms with van der Waals surface area (Å²) in [5.74, 6) is -1.05. The number of thiophene rings is 1. The summed E-state index contributed by atoms with van der Waals surface area (Å²) in [5, 5.41) is 1.87. The first-order chi connectivity index (χ1) is 10.6. The first kappa shape index (κ1) is 15.0. The average Bonchev–Trinajstić information content (AvgIpc) is 3.19. The van der Waals surface area contributed by atoms with Gasteiger partial charge in [-0.3, -0.25) is 9.59 Å². The number of hydrogen-bond acceptors (Lipinski definition) is 6. The van der Waals surface area contributed by atoms with Crippen LogP contribution in [0.3, 0.4) is 0 Å². The van der Waals surface area contributed by atoms with Crippen LogP contribution in [0.25, 0.3) is 0 Å². The van der Waals surface area contributed by atoms with Gasteiger partial charge in [0.15, 0.2) is 0 Å². The molecule has 0 spiro atoms. The molecule has 2 saturated heterocycles. The second-order valence-electron chi connectivity index (χ2n) is 5.43. The molecular formula is C15H17NO5S. The van der Waals surface area contributed by atoms with Crippen LogP contribution in [0.4, 0.5) is 0 Å². The normalized spacial score (nSPS) is 22.5. The van der Waals surface area contributed by atoms with Crippen molar-refractivity contribution >= 4 is 29.2 Å². The largest absolute Gasteiger partial charge is 0.463 e. The van der Waals surface area contributed by atoms with Crippen LogP contribution in [0, 0.1) is 5.92 Å². The van der Waals surface area contributed by atoms with E-state index in [0.717, 1.165) is 4.88 Å². The summed E-state index contributed by atoms with van der Waals surface area (Å²) in [4.78, 5) is 38.1. The third kappa shape index (κ3) is 3.14. The fraction of sp³-hybridized carbons (Fsp3) is 0.533. The fourth-order valence-electron chi connectivity index (χ4n) is 2.70. The van der Waals surface area contributed by atoms with Gasteiger partial charge in [-0.15, -0.1) is 11.3 Å². The van der Waals surface area contributed by atoms with Crippen LogP contribution >= 0.6 is 11.3 Å². The molecule has 0 bridgehead atoms. The Morgan fingerprint density at radius 1 is 1.27 bits per heavy atom. The molecule has 2 fully saturated rings. The minimum Gasteiger partial charge on any atom is -0.463 e. The van der Waals surface area contributed by atoms with Crippen molar-refractivity contribution in [1.29, 1.82) is 0 Å². The Bertz CT molecular complexity index is 562. The van der Waals surface area contributed by atoms with Gasteiger partial charge in [0.25, 0.3) is 5.91 Å². The highest BCUT2D eigenvalue weighted by atomic mass is 32.1. The molecule has 22 heavy (non-hydrogen) atoms. The van der Waals surface area contributed by atoms with Crippen molar-refractivity contribution < 1.29 is 23.9 Å². The minimum absolute atomic E-state index is 0.0150. The van der Waals surface area contributed by atoms with E-state index in [-0.39, 0.29) is 17.8 Å². The highest BCUT2D eigenvalue weighted by molar-refractivity contribution is 7.12. The molecule has 6 nitrogen and oxygen atoms in total. The van der Waals surface area contributed by atoms with E-state index in [1.165, 1.54) is 11.3 Å². The quantitative estimate of drug-likeness (QED) is 0.788. The van der Waals surface area contributed by atoms with E-state index in [2.05, 4.69) is 0 Å². The second-order valence-corrected chi connectivity index (χ2v) is 6.37. The molecule has 1 amide bonds. The van der Waals surface area contributed by atoms with Crippen molar-refractivity contribution in [2.24, 2.45) is 5.92 Å². The molecule has 2 aliphatic heterocycles. The molecule has 0 N–H and O–H groups in total. The SMILES string of the molecule is O=C(O[C@H]1CCOC1=O)C1CCN(C(=O)c2cccs2)CC1. The van der Waals surface area contributed by atoms with Gasteiger partial charge in [0, 0.05) is 19.5 Å². The zero-order valence-corrected chi connectivity index (χ0v) is 12.8. The van der Waals surface area contributed by atoms with Crippen molar-refractivity contribution in [3.8, 4) is 0 Å². The third-order valence-electron chi connectivity index (χ3n) is 3.99. The number of esters is 2. The first-order valence-electron chi connectivity index (χ1n) is 7.35. The predicted molar refractivity (Wildman–Crippen MR) is 78.4 cm³/mol. The van der Waals surface area contributed by atoms with E-state index in [9.17, 15) is 14.4 Å². The number of amides is 1. The summed E-state index contributed by atoms with van der Waals surface area (Å²) in [7, 11) is 0. The molecule has 0 unspecified atom stereocenters. The molecule has 3 rings (SSSR count). The van der Waals surface area contributed by atoms with Crippen LogP contribution in [0.15, 0.2) is 17.5 Å². The Morgan fingerprint density at radius 2 is 2.05 bits per heavy atom. The van der Waals surface area contributed by atoms with E-state index >= 15 is 0 Å². The molecular weight excluding hydrogens is 306 g/mol. The van der Waals surface area contributed by atoms with Crippen molar-refractivity contribution in [2.75, 3.05) is 19.7 Å². The lowest BCUT2D eigenvalue weighted by Gasteiger charge is -2.30. The predicted octanol–water partition coefficient (Wildman–Crippen LogP) is 1.46. The number of nitrogens with zero attached hydrogens (tertiary/aromatic N) is 1. The molecule has 1 atom stereocenters. The van der Waals surface area contributed by atoms with Gasteiger partial charge in [0.2, 0.25) is 6.10 Å². The van der Waals surface area contributed by atoms with Gasteiger partial charge in [0.1, 0.15) is 0 Å². The number of hydrogen-bond donors (Lipinski definition) is 0. The number of likely N-dealkylation sites (tertiary alicyclic amines) is 1. The van der Waals surface area contributed by atoms with Crippen LogP contribution in [0.5, 0.6) is 0 Å². The molecule has 7 heteroatoms. The Morgan fingerprint density at radius 3 is 2.64 bits per heavy atom. The Kier molecular flexibility index (Phi) is 4.42. The van der Waals surface area contributed by atoms with Crippen LogP contribution in [-0.4, -0.2) is 48.5 Å². The zero-order chi connectivity index (χ0) is 15.5. The van der Waals surface area contributed by atoms with E-state index in [1.54, 1.807) is 11.0 Å². The molecule has 0 radical (unpaired) electrons. The molecule has 118 valence electrons. The van der Waals surface area contributed by atoms with Gasteiger partial charge in [-0.2, -0.15) is 0 Å². The van der Waals surface area contributed by atoms with Crippen LogP contribution < -0.4 is 0 Å².